The molecule has 0 heterocycles. The third-order valence-electron chi connectivity index (χ3n) is 0.947. The van der Waals surface area contributed by atoms with Crippen LogP contribution < -0.4 is 45.9 Å². The fraction of sp³-hybridized carbons (Fsp3) is 1.00. The molecular formula is C4H9AsLi2O5. The van der Waals surface area contributed by atoms with Gasteiger partial charge < -0.3 is 0 Å². The average Bonchev–Trinajstić information content (AvgIpc) is 1.81. The van der Waals surface area contributed by atoms with Crippen LogP contribution in [0.25, 0.3) is 0 Å². The van der Waals surface area contributed by atoms with Crippen molar-refractivity contribution < 1.29 is 59.9 Å². The van der Waals surface area contributed by atoms with Crippen molar-refractivity contribution >= 4 is 14.2 Å². The first kappa shape index (κ1) is 19.0. The zero-order valence-corrected chi connectivity index (χ0v) is 9.14. The van der Waals surface area contributed by atoms with Crippen LogP contribution in [0.4, 0.5) is 0 Å². The predicted octanol–water partition coefficient (Wildman–Crippen LogP) is -9.17. The first-order chi connectivity index (χ1) is 4.45. The Balaban J connectivity index is -0.000000405. The van der Waals surface area contributed by atoms with Crippen LogP contribution in [0.15, 0.2) is 0 Å². The second kappa shape index (κ2) is 8.97. The largest absolute Gasteiger partial charge is 1.00 e. The summed E-state index contributed by atoms with van der Waals surface area (Å²) >= 11 is -5.06. The minimum Gasteiger partial charge on any atom is 1.00 e. The van der Waals surface area contributed by atoms with Gasteiger partial charge in [-0.05, 0) is 0 Å². The van der Waals surface area contributed by atoms with Gasteiger partial charge >= 0.3 is 98.4 Å². The van der Waals surface area contributed by atoms with E-state index in [0.717, 1.165) is 0 Å². The van der Waals surface area contributed by atoms with Gasteiger partial charge in [0.25, 0.3) is 0 Å². The van der Waals surface area contributed by atoms with Crippen LogP contribution in [0, 0.1) is 0 Å². The van der Waals surface area contributed by atoms with E-state index in [1.807, 2.05) is 0 Å². The summed E-state index contributed by atoms with van der Waals surface area (Å²) in [6.07, 6.45) is -1.25. The summed E-state index contributed by atoms with van der Waals surface area (Å²) in [5, 5.41) is 16.2. The van der Waals surface area contributed by atoms with Crippen molar-refractivity contribution in [1.29, 1.82) is 0 Å². The van der Waals surface area contributed by atoms with Gasteiger partial charge in [0.2, 0.25) is 0 Å². The Morgan fingerprint density at radius 3 is 2.00 bits per heavy atom. The van der Waals surface area contributed by atoms with Gasteiger partial charge in [-0.2, -0.15) is 0 Å². The molecule has 0 bridgehead atoms. The number of aliphatic hydroxyl groups is 2. The molecule has 0 aromatic rings. The molecule has 8 heteroatoms. The van der Waals surface area contributed by atoms with Gasteiger partial charge in [0.1, 0.15) is 0 Å². The predicted molar refractivity (Wildman–Crippen MR) is 29.0 cm³/mol. The fourth-order valence-electron chi connectivity index (χ4n) is 0.398. The molecule has 0 saturated carbocycles. The van der Waals surface area contributed by atoms with Crippen LogP contribution in [0.1, 0.15) is 6.42 Å². The molecule has 5 nitrogen and oxygen atoms in total. The Kier molecular flexibility index (Phi) is 14.2. The van der Waals surface area contributed by atoms with Crippen molar-refractivity contribution in [2.75, 3.05) is 6.61 Å². The molecule has 1 atom stereocenters. The smallest absolute Gasteiger partial charge is 1.00 e. The molecular weight excluding hydrogens is 217 g/mol. The van der Waals surface area contributed by atoms with Crippen LogP contribution in [0.2, 0.25) is 5.21 Å². The molecule has 0 aliphatic carbocycles. The molecule has 0 aliphatic rings. The minimum atomic E-state index is -5.06. The topological polar surface area (TPSA) is 104 Å². The maximum absolute atomic E-state index is 9.99. The number of rotatable bonds is 4. The van der Waals surface area contributed by atoms with Gasteiger partial charge in [0, 0.05) is 0 Å². The maximum atomic E-state index is 9.99. The maximum Gasteiger partial charge on any atom is 1.00 e. The molecule has 62 valence electrons. The molecule has 0 saturated heterocycles. The Bertz CT molecular complexity index is 137. The average molecular weight is 226 g/mol. The van der Waals surface area contributed by atoms with Gasteiger partial charge in [-0.1, -0.05) is 0 Å². The van der Waals surface area contributed by atoms with Crippen molar-refractivity contribution in [1.82, 2.24) is 0 Å². The summed E-state index contributed by atoms with van der Waals surface area (Å²) in [6, 6.07) is 0. The zero-order valence-electron chi connectivity index (χ0n) is 7.27. The van der Waals surface area contributed by atoms with Crippen molar-refractivity contribution in [3.63, 3.8) is 0 Å². The van der Waals surface area contributed by atoms with Crippen LogP contribution in [0.3, 0.4) is 0 Å². The second-order valence-electron chi connectivity index (χ2n) is 1.96. The Labute approximate surface area is 97.9 Å². The summed E-state index contributed by atoms with van der Waals surface area (Å²) in [5.74, 6) is 0. The standard InChI is InChI=1S/C4H11AsO5.2Li/c6-3-4(7)1-2-5(8,9)10;;/h4,6-7H,1-3H2,(H2,8,9,10);;/q;2*+1/p-2/t4-;;/m1../s1. The molecule has 0 rings (SSSR count). The van der Waals surface area contributed by atoms with Crippen molar-refractivity contribution in [3.8, 4) is 0 Å². The second-order valence-corrected chi connectivity index (χ2v) is 5.46. The van der Waals surface area contributed by atoms with Gasteiger partial charge in [0.15, 0.2) is 0 Å². The first-order valence-electron chi connectivity index (χ1n) is 2.75. The summed E-state index contributed by atoms with van der Waals surface area (Å²) in [7, 11) is 0. The third-order valence-corrected chi connectivity index (χ3v) is 2.64. The summed E-state index contributed by atoms with van der Waals surface area (Å²) in [6.45, 7) is -0.504. The number of hydrogen-bond donors (Lipinski definition) is 2. The summed E-state index contributed by atoms with van der Waals surface area (Å²) in [4.78, 5) is 0. The van der Waals surface area contributed by atoms with Gasteiger partial charge in [-0.3, -0.25) is 0 Å². The van der Waals surface area contributed by atoms with Crippen LogP contribution in [-0.4, -0.2) is 37.1 Å². The number of hydrogen-bond acceptors (Lipinski definition) is 5. The molecule has 0 aliphatic heterocycles. The Morgan fingerprint density at radius 2 is 1.75 bits per heavy atom. The van der Waals surface area contributed by atoms with E-state index in [1.165, 1.54) is 0 Å². The third kappa shape index (κ3) is 13.9. The van der Waals surface area contributed by atoms with E-state index in [0.29, 0.717) is 0 Å². The molecule has 0 fully saturated rings. The van der Waals surface area contributed by atoms with E-state index in [-0.39, 0.29) is 44.1 Å². The summed E-state index contributed by atoms with van der Waals surface area (Å²) in [5.41, 5.74) is 0. The van der Waals surface area contributed by atoms with E-state index in [2.05, 4.69) is 0 Å². The molecule has 0 radical (unpaired) electrons. The zero-order chi connectivity index (χ0) is 8.20. The van der Waals surface area contributed by atoms with E-state index in [4.69, 9.17) is 10.2 Å². The van der Waals surface area contributed by atoms with E-state index < -0.39 is 32.1 Å². The molecule has 0 aromatic carbocycles. The van der Waals surface area contributed by atoms with Crippen molar-refractivity contribution in [2.24, 2.45) is 0 Å². The van der Waals surface area contributed by atoms with Crippen molar-refractivity contribution in [2.45, 2.75) is 17.7 Å². The van der Waals surface area contributed by atoms with Crippen LogP contribution in [-0.2, 0) is 3.74 Å². The monoisotopic (exact) mass is 226 g/mol. The molecule has 0 unspecified atom stereocenters. The van der Waals surface area contributed by atoms with Crippen LogP contribution >= 0.6 is 0 Å². The van der Waals surface area contributed by atoms with Gasteiger partial charge in [-0.15, -0.1) is 0 Å². The minimum absolute atomic E-state index is 0. The molecule has 0 aromatic heterocycles. The Hall–Kier alpha value is 1.39. The summed E-state index contributed by atoms with van der Waals surface area (Å²) < 4.78 is 30.0. The molecule has 12 heavy (non-hydrogen) atoms. The molecule has 2 N–H and O–H groups in total. The van der Waals surface area contributed by atoms with E-state index >= 15 is 0 Å². The number of aliphatic hydroxyl groups excluding tert-OH is 2. The Morgan fingerprint density at radius 1 is 1.33 bits per heavy atom. The van der Waals surface area contributed by atoms with Crippen LogP contribution in [0.5, 0.6) is 0 Å². The molecule has 0 spiro atoms. The van der Waals surface area contributed by atoms with Crippen molar-refractivity contribution in [3.05, 3.63) is 0 Å². The fourth-order valence-corrected chi connectivity index (χ4v) is 1.69. The van der Waals surface area contributed by atoms with E-state index in [1.54, 1.807) is 0 Å². The SMILES string of the molecule is O=[As]([O-])([O-])CC[C@@H](O)CO.[Li+].[Li+]. The van der Waals surface area contributed by atoms with Gasteiger partial charge in [0.05, 0.1) is 0 Å². The quantitative estimate of drug-likeness (QED) is 0.463. The normalized spacial score (nSPS) is 12.7. The first-order valence-corrected chi connectivity index (χ1v) is 6.38. The van der Waals surface area contributed by atoms with E-state index in [9.17, 15) is 11.9 Å². The molecule has 0 amide bonds. The van der Waals surface area contributed by atoms with Gasteiger partial charge in [-0.25, -0.2) is 0 Å².